The monoisotopic (exact) mass is 223 g/mol. The van der Waals surface area contributed by atoms with E-state index >= 15 is 0 Å². The maximum atomic E-state index is 11.1. The molecule has 0 heterocycles. The summed E-state index contributed by atoms with van der Waals surface area (Å²) in [7, 11) is 0. The lowest BCUT2D eigenvalue weighted by Gasteiger charge is -2.17. The fourth-order valence-electron chi connectivity index (χ4n) is 0.995. The van der Waals surface area contributed by atoms with Crippen LogP contribution in [-0.4, -0.2) is 23.2 Å². The van der Waals surface area contributed by atoms with E-state index in [1.54, 1.807) is 12.1 Å². The minimum Gasteiger partial charge on any atom is -0.445 e. The second-order valence-electron chi connectivity index (χ2n) is 3.45. The van der Waals surface area contributed by atoms with E-state index in [0.717, 1.165) is 12.5 Å². The number of benzene rings is 1. The molecule has 0 aliphatic rings. The third kappa shape index (κ3) is 4.10. The van der Waals surface area contributed by atoms with E-state index in [1.165, 1.54) is 0 Å². The maximum absolute atomic E-state index is 11.1. The van der Waals surface area contributed by atoms with Crippen LogP contribution >= 0.6 is 0 Å². The highest BCUT2D eigenvalue weighted by Crippen LogP contribution is 2.01. The number of aldehydes is 1. The average molecular weight is 223 g/mol. The van der Waals surface area contributed by atoms with Gasteiger partial charge in [0.05, 0.1) is 0 Å². The van der Waals surface area contributed by atoms with Crippen molar-refractivity contribution in [2.75, 3.05) is 0 Å². The van der Waals surface area contributed by atoms with Gasteiger partial charge < -0.3 is 9.84 Å². The van der Waals surface area contributed by atoms with E-state index in [2.05, 4.69) is 0 Å². The molecular formula is C11H13NO4. The molecule has 0 saturated carbocycles. The Morgan fingerprint density at radius 1 is 1.50 bits per heavy atom. The van der Waals surface area contributed by atoms with E-state index in [9.17, 15) is 14.7 Å². The second kappa shape index (κ2) is 5.27. The first-order valence-electron chi connectivity index (χ1n) is 4.71. The van der Waals surface area contributed by atoms with Gasteiger partial charge >= 0.3 is 6.09 Å². The minimum absolute atomic E-state index is 0.0849. The number of rotatable bonds is 4. The summed E-state index contributed by atoms with van der Waals surface area (Å²) in [6, 6.07) is 9.08. The van der Waals surface area contributed by atoms with E-state index in [4.69, 9.17) is 4.74 Å². The van der Waals surface area contributed by atoms with Crippen molar-refractivity contribution in [2.45, 2.75) is 19.3 Å². The van der Waals surface area contributed by atoms with E-state index in [0.29, 0.717) is 0 Å². The Kier molecular flexibility index (Phi) is 4.02. The van der Waals surface area contributed by atoms with Crippen LogP contribution in [0.3, 0.4) is 0 Å². The van der Waals surface area contributed by atoms with Crippen LogP contribution in [-0.2, 0) is 16.1 Å². The minimum atomic E-state index is -1.90. The zero-order valence-electron chi connectivity index (χ0n) is 8.84. The molecule has 86 valence electrons. The average Bonchev–Trinajstić information content (AvgIpc) is 2.27. The highest BCUT2D eigenvalue weighted by Gasteiger charge is 2.22. The summed E-state index contributed by atoms with van der Waals surface area (Å²) in [6.45, 7) is 1.24. The van der Waals surface area contributed by atoms with Crippen molar-refractivity contribution >= 4 is 12.4 Å². The molecule has 0 fully saturated rings. The van der Waals surface area contributed by atoms with Gasteiger partial charge in [-0.15, -0.1) is 0 Å². The Morgan fingerprint density at radius 3 is 2.69 bits per heavy atom. The first kappa shape index (κ1) is 12.2. The van der Waals surface area contributed by atoms with Crippen molar-refractivity contribution in [1.82, 2.24) is 5.32 Å². The van der Waals surface area contributed by atoms with Gasteiger partial charge in [-0.2, -0.15) is 0 Å². The topological polar surface area (TPSA) is 75.6 Å². The van der Waals surface area contributed by atoms with Crippen LogP contribution in [0.25, 0.3) is 0 Å². The molecule has 0 bridgehead atoms. The fraction of sp³-hybridized carbons (Fsp3) is 0.273. The Bertz CT molecular complexity index is 362. The van der Waals surface area contributed by atoms with Crippen molar-refractivity contribution in [3.63, 3.8) is 0 Å². The molecule has 0 radical (unpaired) electrons. The molecule has 0 saturated heterocycles. The van der Waals surface area contributed by atoms with Gasteiger partial charge in [-0.05, 0) is 12.5 Å². The molecule has 1 amide bonds. The summed E-state index contributed by atoms with van der Waals surface area (Å²) in [5.41, 5.74) is -1.07. The zero-order valence-corrected chi connectivity index (χ0v) is 8.84. The number of alkyl carbamates (subject to hydrolysis) is 1. The maximum Gasteiger partial charge on any atom is 0.410 e. The molecular weight excluding hydrogens is 210 g/mol. The molecule has 1 atom stereocenters. The number of hydrogen-bond acceptors (Lipinski definition) is 4. The summed E-state index contributed by atoms with van der Waals surface area (Å²) >= 11 is 0. The third-order valence-corrected chi connectivity index (χ3v) is 1.80. The quantitative estimate of drug-likeness (QED) is 0.585. The number of carbonyl (C=O) groups is 2. The van der Waals surface area contributed by atoms with Gasteiger partial charge in [-0.1, -0.05) is 30.3 Å². The van der Waals surface area contributed by atoms with Gasteiger partial charge in [0.1, 0.15) is 6.61 Å². The predicted octanol–water partition coefficient (Wildman–Crippen LogP) is 0.820. The molecule has 5 nitrogen and oxygen atoms in total. The summed E-state index contributed by atoms with van der Waals surface area (Å²) in [4.78, 5) is 21.5. The lowest BCUT2D eigenvalue weighted by molar-refractivity contribution is -0.124. The molecule has 2 N–H and O–H groups in total. The van der Waals surface area contributed by atoms with Crippen molar-refractivity contribution in [3.8, 4) is 0 Å². The first-order valence-corrected chi connectivity index (χ1v) is 4.71. The molecule has 0 aromatic heterocycles. The SMILES string of the molecule is CC(O)(C=O)NC(=O)OCc1ccccc1. The number of nitrogens with one attached hydrogen (secondary N) is 1. The fourth-order valence-corrected chi connectivity index (χ4v) is 0.995. The second-order valence-corrected chi connectivity index (χ2v) is 3.45. The Morgan fingerprint density at radius 2 is 2.12 bits per heavy atom. The first-order chi connectivity index (χ1) is 7.53. The standard InChI is InChI=1S/C11H13NO4/c1-11(15,8-13)12-10(14)16-7-9-5-3-2-4-6-9/h2-6,8,15H,7H2,1H3,(H,12,14). The number of carbonyl (C=O) groups excluding carboxylic acids is 2. The largest absolute Gasteiger partial charge is 0.445 e. The van der Waals surface area contributed by atoms with Crippen molar-refractivity contribution in [3.05, 3.63) is 35.9 Å². The highest BCUT2D eigenvalue weighted by molar-refractivity contribution is 5.74. The molecule has 1 unspecified atom stereocenters. The molecule has 0 aliphatic carbocycles. The van der Waals surface area contributed by atoms with Gasteiger partial charge in [0, 0.05) is 0 Å². The van der Waals surface area contributed by atoms with E-state index < -0.39 is 11.8 Å². The highest BCUT2D eigenvalue weighted by atomic mass is 16.6. The normalized spacial score (nSPS) is 13.6. The summed E-state index contributed by atoms with van der Waals surface area (Å²) in [6.07, 6.45) is -0.627. The molecule has 1 aromatic carbocycles. The molecule has 5 heteroatoms. The zero-order chi connectivity index (χ0) is 12.0. The number of hydrogen-bond donors (Lipinski definition) is 2. The lowest BCUT2D eigenvalue weighted by atomic mass is 10.2. The molecule has 0 aliphatic heterocycles. The van der Waals surface area contributed by atoms with Crippen LogP contribution in [0.1, 0.15) is 12.5 Å². The van der Waals surface area contributed by atoms with Crippen LogP contribution in [0.4, 0.5) is 4.79 Å². The van der Waals surface area contributed by atoms with Crippen molar-refractivity contribution in [1.29, 1.82) is 0 Å². The molecule has 0 spiro atoms. The van der Waals surface area contributed by atoms with Crippen LogP contribution in [0.2, 0.25) is 0 Å². The Hall–Kier alpha value is -1.88. The molecule has 16 heavy (non-hydrogen) atoms. The Labute approximate surface area is 93.0 Å². The van der Waals surface area contributed by atoms with Gasteiger partial charge in [-0.3, -0.25) is 10.1 Å². The van der Waals surface area contributed by atoms with Crippen molar-refractivity contribution in [2.24, 2.45) is 0 Å². The Balaban J connectivity index is 2.39. The van der Waals surface area contributed by atoms with E-state index in [-0.39, 0.29) is 12.9 Å². The van der Waals surface area contributed by atoms with Gasteiger partial charge in [-0.25, -0.2) is 4.79 Å². The summed E-state index contributed by atoms with van der Waals surface area (Å²) < 4.78 is 4.80. The smallest absolute Gasteiger partial charge is 0.410 e. The van der Waals surface area contributed by atoms with Crippen LogP contribution < -0.4 is 5.32 Å². The number of amides is 1. The number of ether oxygens (including phenoxy) is 1. The van der Waals surface area contributed by atoms with Gasteiger partial charge in [0.15, 0.2) is 12.0 Å². The van der Waals surface area contributed by atoms with Gasteiger partial charge in [0.25, 0.3) is 0 Å². The molecule has 1 aromatic rings. The van der Waals surface area contributed by atoms with Crippen LogP contribution in [0.5, 0.6) is 0 Å². The number of aliphatic hydroxyl groups is 1. The van der Waals surface area contributed by atoms with E-state index in [1.807, 2.05) is 23.5 Å². The van der Waals surface area contributed by atoms with Crippen LogP contribution in [0.15, 0.2) is 30.3 Å². The predicted molar refractivity (Wildman–Crippen MR) is 56.5 cm³/mol. The summed E-state index contributed by atoms with van der Waals surface area (Å²) in [5, 5.41) is 11.2. The van der Waals surface area contributed by atoms with Crippen LogP contribution in [0, 0.1) is 0 Å². The summed E-state index contributed by atoms with van der Waals surface area (Å²) in [5.74, 6) is 0. The van der Waals surface area contributed by atoms with Crippen molar-refractivity contribution < 1.29 is 19.4 Å². The van der Waals surface area contributed by atoms with Gasteiger partial charge in [0.2, 0.25) is 0 Å². The molecule has 1 rings (SSSR count). The third-order valence-electron chi connectivity index (χ3n) is 1.80. The lowest BCUT2D eigenvalue weighted by Crippen LogP contribution is -2.47.